The number of hydrogen-bond acceptors (Lipinski definition) is 4. The molecule has 0 saturated carbocycles. The Morgan fingerprint density at radius 3 is 2.59 bits per heavy atom. The smallest absolute Gasteiger partial charge is 0.225 e. The van der Waals surface area contributed by atoms with E-state index in [0.29, 0.717) is 5.95 Å². The van der Waals surface area contributed by atoms with Gasteiger partial charge in [0, 0.05) is 24.8 Å². The van der Waals surface area contributed by atoms with E-state index in [2.05, 4.69) is 58.7 Å². The number of aryl methyl sites for hydroxylation is 2. The second kappa shape index (κ2) is 8.37. The summed E-state index contributed by atoms with van der Waals surface area (Å²) in [6, 6.07) is 10.4. The van der Waals surface area contributed by atoms with Crippen LogP contribution in [0.25, 0.3) is 0 Å². The Kier molecular flexibility index (Phi) is 6.19. The summed E-state index contributed by atoms with van der Waals surface area (Å²) in [6.45, 7) is 8.03. The summed E-state index contributed by atoms with van der Waals surface area (Å²) in [6.07, 6.45) is 3.65. The van der Waals surface area contributed by atoms with E-state index in [9.17, 15) is 0 Å². The van der Waals surface area contributed by atoms with E-state index >= 15 is 0 Å². The van der Waals surface area contributed by atoms with Crippen LogP contribution in [0.2, 0.25) is 0 Å². The average molecular weight is 298 g/mol. The first-order valence-electron chi connectivity index (χ1n) is 8.07. The van der Waals surface area contributed by atoms with E-state index < -0.39 is 0 Å². The van der Waals surface area contributed by atoms with E-state index in [0.717, 1.165) is 24.6 Å². The summed E-state index contributed by atoms with van der Waals surface area (Å²) in [5.41, 5.74) is 3.52. The van der Waals surface area contributed by atoms with Crippen LogP contribution in [0.4, 0.5) is 11.8 Å². The molecule has 0 fully saturated rings. The van der Waals surface area contributed by atoms with Crippen LogP contribution in [0.3, 0.4) is 0 Å². The fourth-order valence-corrected chi connectivity index (χ4v) is 2.31. The minimum Gasteiger partial charge on any atom is -0.370 e. The molecule has 0 aliphatic rings. The van der Waals surface area contributed by atoms with Gasteiger partial charge in [0.05, 0.1) is 0 Å². The Balaban J connectivity index is 1.96. The van der Waals surface area contributed by atoms with Gasteiger partial charge in [0.15, 0.2) is 0 Å². The third-order valence-corrected chi connectivity index (χ3v) is 3.64. The Bertz CT molecular complexity index is 595. The van der Waals surface area contributed by atoms with Crippen LogP contribution in [-0.2, 0) is 6.54 Å². The van der Waals surface area contributed by atoms with Gasteiger partial charge in [0.2, 0.25) is 5.95 Å². The van der Waals surface area contributed by atoms with E-state index in [1.165, 1.54) is 30.4 Å². The lowest BCUT2D eigenvalue weighted by Gasteiger charge is -2.11. The Morgan fingerprint density at radius 1 is 1.00 bits per heavy atom. The van der Waals surface area contributed by atoms with Crippen LogP contribution in [-0.4, -0.2) is 16.5 Å². The summed E-state index contributed by atoms with van der Waals surface area (Å²) in [5, 5.41) is 6.70. The van der Waals surface area contributed by atoms with Crippen molar-refractivity contribution in [1.82, 2.24) is 9.97 Å². The zero-order valence-corrected chi connectivity index (χ0v) is 13.8. The van der Waals surface area contributed by atoms with Gasteiger partial charge in [-0.3, -0.25) is 0 Å². The van der Waals surface area contributed by atoms with Gasteiger partial charge in [-0.1, -0.05) is 44.0 Å². The lowest BCUT2D eigenvalue weighted by molar-refractivity contribution is 0.742. The quantitative estimate of drug-likeness (QED) is 0.713. The molecule has 0 aliphatic heterocycles. The molecule has 22 heavy (non-hydrogen) atoms. The molecular formula is C18H26N4. The van der Waals surface area contributed by atoms with Crippen LogP contribution in [0.1, 0.15) is 43.0 Å². The van der Waals surface area contributed by atoms with E-state index in [-0.39, 0.29) is 0 Å². The van der Waals surface area contributed by atoms with Crippen molar-refractivity contribution in [2.75, 3.05) is 17.2 Å². The molecule has 0 unspecified atom stereocenters. The molecule has 118 valence electrons. The average Bonchev–Trinajstić information content (AvgIpc) is 2.50. The van der Waals surface area contributed by atoms with Crippen molar-refractivity contribution in [3.63, 3.8) is 0 Å². The minimum absolute atomic E-state index is 0.682. The van der Waals surface area contributed by atoms with E-state index in [1.54, 1.807) is 0 Å². The predicted octanol–water partition coefficient (Wildman–Crippen LogP) is 4.31. The minimum atomic E-state index is 0.682. The molecule has 0 saturated heterocycles. The van der Waals surface area contributed by atoms with Gasteiger partial charge in [0.25, 0.3) is 0 Å². The molecule has 0 bridgehead atoms. The zero-order valence-electron chi connectivity index (χ0n) is 13.8. The van der Waals surface area contributed by atoms with Gasteiger partial charge < -0.3 is 10.6 Å². The number of anilines is 2. The second-order valence-corrected chi connectivity index (χ2v) is 5.63. The Morgan fingerprint density at radius 2 is 1.82 bits per heavy atom. The van der Waals surface area contributed by atoms with Gasteiger partial charge in [-0.15, -0.1) is 0 Å². The molecule has 4 heteroatoms. The number of hydrogen-bond donors (Lipinski definition) is 2. The summed E-state index contributed by atoms with van der Waals surface area (Å²) in [5.74, 6) is 1.58. The van der Waals surface area contributed by atoms with Crippen LogP contribution < -0.4 is 10.6 Å². The van der Waals surface area contributed by atoms with Gasteiger partial charge >= 0.3 is 0 Å². The van der Waals surface area contributed by atoms with Gasteiger partial charge in [0.1, 0.15) is 5.82 Å². The fourth-order valence-electron chi connectivity index (χ4n) is 2.31. The first-order valence-corrected chi connectivity index (χ1v) is 8.07. The number of unbranched alkanes of at least 4 members (excludes halogenated alkanes) is 2. The lowest BCUT2D eigenvalue weighted by Crippen LogP contribution is -2.09. The summed E-state index contributed by atoms with van der Waals surface area (Å²) in [7, 11) is 0. The van der Waals surface area contributed by atoms with Crippen molar-refractivity contribution >= 4 is 11.8 Å². The van der Waals surface area contributed by atoms with Crippen molar-refractivity contribution in [3.05, 3.63) is 47.2 Å². The second-order valence-electron chi connectivity index (χ2n) is 5.63. The molecule has 0 aliphatic carbocycles. The van der Waals surface area contributed by atoms with Crippen LogP contribution in [0.15, 0.2) is 30.3 Å². The molecule has 0 radical (unpaired) electrons. The number of rotatable bonds is 8. The third kappa shape index (κ3) is 5.02. The number of nitrogens with one attached hydrogen (secondary N) is 2. The summed E-state index contributed by atoms with van der Waals surface area (Å²) < 4.78 is 0. The molecule has 2 aromatic rings. The van der Waals surface area contributed by atoms with Crippen LogP contribution in [0.5, 0.6) is 0 Å². The van der Waals surface area contributed by atoms with E-state index in [1.807, 2.05) is 13.0 Å². The Labute approximate surface area is 133 Å². The summed E-state index contributed by atoms with van der Waals surface area (Å²) >= 11 is 0. The molecule has 1 aromatic carbocycles. The standard InChI is InChI=1S/C18H26N4/c1-4-5-8-11-19-17-12-15(3)21-18(22-17)20-13-16-10-7-6-9-14(16)2/h6-7,9-10,12H,4-5,8,11,13H2,1-3H3,(H2,19,20,21,22). The maximum absolute atomic E-state index is 4.54. The number of benzene rings is 1. The third-order valence-electron chi connectivity index (χ3n) is 3.64. The highest BCUT2D eigenvalue weighted by atomic mass is 15.1. The fraction of sp³-hybridized carbons (Fsp3) is 0.444. The van der Waals surface area contributed by atoms with Crippen molar-refractivity contribution in [1.29, 1.82) is 0 Å². The monoisotopic (exact) mass is 298 g/mol. The van der Waals surface area contributed by atoms with Crippen LogP contribution >= 0.6 is 0 Å². The normalized spacial score (nSPS) is 10.5. The molecule has 4 nitrogen and oxygen atoms in total. The molecule has 0 atom stereocenters. The van der Waals surface area contributed by atoms with Crippen molar-refractivity contribution in [2.24, 2.45) is 0 Å². The maximum Gasteiger partial charge on any atom is 0.225 e. The molecule has 2 N–H and O–H groups in total. The zero-order chi connectivity index (χ0) is 15.8. The van der Waals surface area contributed by atoms with E-state index in [4.69, 9.17) is 0 Å². The highest BCUT2D eigenvalue weighted by molar-refractivity contribution is 5.42. The van der Waals surface area contributed by atoms with Crippen LogP contribution in [0, 0.1) is 13.8 Å². The summed E-state index contributed by atoms with van der Waals surface area (Å²) in [4.78, 5) is 9.00. The molecular weight excluding hydrogens is 272 g/mol. The highest BCUT2D eigenvalue weighted by Gasteiger charge is 2.03. The topological polar surface area (TPSA) is 49.8 Å². The molecule has 1 heterocycles. The van der Waals surface area contributed by atoms with Gasteiger partial charge in [-0.05, 0) is 31.4 Å². The highest BCUT2D eigenvalue weighted by Crippen LogP contribution is 2.13. The molecule has 2 rings (SSSR count). The molecule has 1 aromatic heterocycles. The maximum atomic E-state index is 4.54. The number of nitrogens with zero attached hydrogens (tertiary/aromatic N) is 2. The largest absolute Gasteiger partial charge is 0.370 e. The Hall–Kier alpha value is -2.10. The number of aromatic nitrogens is 2. The van der Waals surface area contributed by atoms with Crippen molar-refractivity contribution < 1.29 is 0 Å². The van der Waals surface area contributed by atoms with Crippen molar-refractivity contribution in [2.45, 2.75) is 46.6 Å². The SMILES string of the molecule is CCCCCNc1cc(C)nc(NCc2ccccc2C)n1. The molecule has 0 spiro atoms. The lowest BCUT2D eigenvalue weighted by atomic mass is 10.1. The van der Waals surface area contributed by atoms with Crippen molar-refractivity contribution in [3.8, 4) is 0 Å². The predicted molar refractivity (Wildman–Crippen MR) is 93.3 cm³/mol. The first-order chi connectivity index (χ1) is 10.7. The van der Waals surface area contributed by atoms with Gasteiger partial charge in [-0.2, -0.15) is 4.98 Å². The molecule has 0 amide bonds. The first kappa shape index (κ1) is 16.3. The van der Waals surface area contributed by atoms with Gasteiger partial charge in [-0.25, -0.2) is 4.98 Å².